The molecule has 1 aromatic carbocycles. The average Bonchev–Trinajstić information content (AvgIpc) is 1.90. The van der Waals surface area contributed by atoms with E-state index in [9.17, 15) is 0 Å². The first-order valence-corrected chi connectivity index (χ1v) is 3.75. The Morgan fingerprint density at radius 1 is 1.11 bits per heavy atom. The molecule has 0 bridgehead atoms. The van der Waals surface area contributed by atoms with Crippen molar-refractivity contribution >= 4 is 11.8 Å². The molecule has 0 radical (unpaired) electrons. The monoisotopic (exact) mass is 188 g/mol. The summed E-state index contributed by atoms with van der Waals surface area (Å²) in [5, 5.41) is 0. The summed E-state index contributed by atoms with van der Waals surface area (Å²) in [4.78, 5) is 1.33. The molecule has 0 fully saturated rings. The maximum atomic E-state index is 2.10. The van der Waals surface area contributed by atoms with Gasteiger partial charge in [0.15, 0.2) is 0 Å². The van der Waals surface area contributed by atoms with Gasteiger partial charge in [-0.1, -0.05) is 18.2 Å². The van der Waals surface area contributed by atoms with E-state index >= 15 is 0 Å². The van der Waals surface area contributed by atoms with Gasteiger partial charge in [-0.15, -0.1) is 11.8 Å². The molecule has 9 heavy (non-hydrogen) atoms. The SMILES string of the molecule is CSc1ccccc1.[Zn]. The second-order valence-electron chi connectivity index (χ2n) is 1.52. The van der Waals surface area contributed by atoms with Gasteiger partial charge in [-0.2, -0.15) is 0 Å². The Morgan fingerprint density at radius 2 is 1.67 bits per heavy atom. The molecule has 44 valence electrons. The van der Waals surface area contributed by atoms with E-state index in [1.807, 2.05) is 18.2 Å². The van der Waals surface area contributed by atoms with Gasteiger partial charge in [-0.05, 0) is 18.4 Å². The molecule has 1 rings (SSSR count). The minimum Gasteiger partial charge on any atom is -0.130 e. The topological polar surface area (TPSA) is 0 Å². The van der Waals surface area contributed by atoms with Crippen LogP contribution in [0.4, 0.5) is 0 Å². The Kier molecular flexibility index (Phi) is 5.12. The molecule has 1 aromatic rings. The zero-order chi connectivity index (χ0) is 5.82. The minimum absolute atomic E-state index is 0. The summed E-state index contributed by atoms with van der Waals surface area (Å²) in [6.07, 6.45) is 2.08. The number of hydrogen-bond acceptors (Lipinski definition) is 1. The van der Waals surface area contributed by atoms with E-state index in [4.69, 9.17) is 0 Å². The molecule has 0 aliphatic heterocycles. The zero-order valence-corrected chi connectivity index (χ0v) is 9.29. The van der Waals surface area contributed by atoms with E-state index in [1.54, 1.807) is 11.8 Å². The molecule has 0 atom stereocenters. The van der Waals surface area contributed by atoms with Crippen LogP contribution in [0.25, 0.3) is 0 Å². The first-order chi connectivity index (χ1) is 3.93. The molecule has 0 aromatic heterocycles. The van der Waals surface area contributed by atoms with Crippen LogP contribution in [0.5, 0.6) is 0 Å². The van der Waals surface area contributed by atoms with Crippen LogP contribution in [0.15, 0.2) is 35.2 Å². The molecule has 0 N–H and O–H groups in total. The molecule has 0 saturated heterocycles. The van der Waals surface area contributed by atoms with E-state index in [2.05, 4.69) is 18.4 Å². The third-order valence-electron chi connectivity index (χ3n) is 0.979. The maximum Gasteiger partial charge on any atom is 0.00691 e. The molecular weight excluding hydrogens is 182 g/mol. The molecule has 0 unspecified atom stereocenters. The van der Waals surface area contributed by atoms with Gasteiger partial charge in [-0.3, -0.25) is 0 Å². The van der Waals surface area contributed by atoms with Gasteiger partial charge in [-0.25, -0.2) is 0 Å². The van der Waals surface area contributed by atoms with E-state index in [0.717, 1.165) is 0 Å². The molecule has 0 aliphatic carbocycles. The standard InChI is InChI=1S/C7H8S.Zn/c1-8-7-5-3-2-4-6-7;/h2-6H,1H3;. The minimum atomic E-state index is 0. The van der Waals surface area contributed by atoms with Crippen molar-refractivity contribution in [3.05, 3.63) is 30.3 Å². The van der Waals surface area contributed by atoms with Crippen molar-refractivity contribution in [3.8, 4) is 0 Å². The summed E-state index contributed by atoms with van der Waals surface area (Å²) in [5.74, 6) is 0. The fraction of sp³-hybridized carbons (Fsp3) is 0.143. The van der Waals surface area contributed by atoms with E-state index < -0.39 is 0 Å². The fourth-order valence-electron chi connectivity index (χ4n) is 0.557. The normalized spacial score (nSPS) is 8.11. The quantitative estimate of drug-likeness (QED) is 0.483. The van der Waals surface area contributed by atoms with Gasteiger partial charge in [0, 0.05) is 24.4 Å². The van der Waals surface area contributed by atoms with E-state index in [0.29, 0.717) is 0 Å². The second kappa shape index (κ2) is 5.02. The summed E-state index contributed by atoms with van der Waals surface area (Å²) >= 11 is 1.77. The molecular formula is C7H8SZn. The zero-order valence-electron chi connectivity index (χ0n) is 5.50. The molecule has 0 aliphatic rings. The van der Waals surface area contributed by atoms with Crippen LogP contribution in [0.2, 0.25) is 0 Å². The van der Waals surface area contributed by atoms with Crippen molar-refractivity contribution in [2.75, 3.05) is 6.26 Å². The van der Waals surface area contributed by atoms with Gasteiger partial charge in [0.2, 0.25) is 0 Å². The van der Waals surface area contributed by atoms with Crippen molar-refractivity contribution in [1.82, 2.24) is 0 Å². The number of benzene rings is 1. The Balaban J connectivity index is 0.000000640. The summed E-state index contributed by atoms with van der Waals surface area (Å²) in [6.45, 7) is 0. The number of thioether (sulfide) groups is 1. The van der Waals surface area contributed by atoms with Crippen LogP contribution in [0.1, 0.15) is 0 Å². The predicted molar refractivity (Wildman–Crippen MR) is 38.2 cm³/mol. The molecule has 0 saturated carbocycles. The summed E-state index contributed by atoms with van der Waals surface area (Å²) in [5.41, 5.74) is 0. The Morgan fingerprint density at radius 3 is 2.00 bits per heavy atom. The van der Waals surface area contributed by atoms with Crippen LogP contribution in [-0.4, -0.2) is 6.26 Å². The molecule has 0 spiro atoms. The molecule has 2 heteroatoms. The van der Waals surface area contributed by atoms with Gasteiger partial charge in [0.25, 0.3) is 0 Å². The van der Waals surface area contributed by atoms with Gasteiger partial charge < -0.3 is 0 Å². The van der Waals surface area contributed by atoms with Crippen LogP contribution in [0.3, 0.4) is 0 Å². The smallest absolute Gasteiger partial charge is 0.00691 e. The van der Waals surface area contributed by atoms with Crippen molar-refractivity contribution in [2.24, 2.45) is 0 Å². The Labute approximate surface area is 72.8 Å². The Hall–Kier alpha value is 0.193. The van der Waals surface area contributed by atoms with Crippen LogP contribution < -0.4 is 0 Å². The second-order valence-corrected chi connectivity index (χ2v) is 2.40. The summed E-state index contributed by atoms with van der Waals surface area (Å²) in [7, 11) is 0. The Bertz CT molecular complexity index is 150. The van der Waals surface area contributed by atoms with E-state index in [1.165, 1.54) is 4.90 Å². The van der Waals surface area contributed by atoms with Crippen molar-refractivity contribution < 1.29 is 19.5 Å². The molecule has 0 amide bonds. The number of hydrogen-bond donors (Lipinski definition) is 0. The average molecular weight is 190 g/mol. The van der Waals surface area contributed by atoms with Crippen molar-refractivity contribution in [3.63, 3.8) is 0 Å². The molecule has 0 nitrogen and oxygen atoms in total. The van der Waals surface area contributed by atoms with Crippen LogP contribution in [0, 0.1) is 0 Å². The third-order valence-corrected chi connectivity index (χ3v) is 1.72. The van der Waals surface area contributed by atoms with Gasteiger partial charge in [0.1, 0.15) is 0 Å². The largest absolute Gasteiger partial charge is 0.130 e. The predicted octanol–water partition coefficient (Wildman–Crippen LogP) is 2.41. The van der Waals surface area contributed by atoms with Gasteiger partial charge >= 0.3 is 0 Å². The van der Waals surface area contributed by atoms with Crippen molar-refractivity contribution in [2.45, 2.75) is 4.90 Å². The third kappa shape index (κ3) is 3.02. The maximum absolute atomic E-state index is 2.10. The molecule has 0 heterocycles. The van der Waals surface area contributed by atoms with Crippen molar-refractivity contribution in [1.29, 1.82) is 0 Å². The van der Waals surface area contributed by atoms with Gasteiger partial charge in [0.05, 0.1) is 0 Å². The van der Waals surface area contributed by atoms with Crippen LogP contribution in [-0.2, 0) is 19.5 Å². The first kappa shape index (κ1) is 9.19. The summed E-state index contributed by atoms with van der Waals surface area (Å²) < 4.78 is 0. The fourth-order valence-corrected chi connectivity index (χ4v) is 0.986. The van der Waals surface area contributed by atoms with Crippen LogP contribution >= 0.6 is 11.8 Å². The number of rotatable bonds is 1. The first-order valence-electron chi connectivity index (χ1n) is 2.52. The van der Waals surface area contributed by atoms with E-state index in [-0.39, 0.29) is 19.5 Å². The summed E-state index contributed by atoms with van der Waals surface area (Å²) in [6, 6.07) is 10.3.